The van der Waals surface area contributed by atoms with Crippen molar-refractivity contribution in [3.8, 4) is 0 Å². The number of ketones is 1. The van der Waals surface area contributed by atoms with Crippen molar-refractivity contribution in [1.82, 2.24) is 0 Å². The van der Waals surface area contributed by atoms with Crippen LogP contribution < -0.4 is 4.90 Å². The summed E-state index contributed by atoms with van der Waals surface area (Å²) in [6, 6.07) is 28.9. The first-order valence-corrected chi connectivity index (χ1v) is 11.3. The van der Waals surface area contributed by atoms with E-state index in [0.717, 1.165) is 21.9 Å². The van der Waals surface area contributed by atoms with Crippen LogP contribution in [0.4, 0.5) is 5.69 Å². The zero-order valence-electron chi connectivity index (χ0n) is 18.1. The summed E-state index contributed by atoms with van der Waals surface area (Å²) in [6.07, 6.45) is 1.10. The SMILES string of the molecule is O=C1c2ccccc2CC[C@@H]1[C@@]1(O)C(=O)N(Cc2cccc3ccccc23)c2ccccc21. The molecule has 4 heteroatoms. The number of hydrogen-bond acceptors (Lipinski definition) is 3. The topological polar surface area (TPSA) is 57.6 Å². The van der Waals surface area contributed by atoms with Gasteiger partial charge >= 0.3 is 0 Å². The Bertz CT molecular complexity index is 1420. The van der Waals surface area contributed by atoms with Gasteiger partial charge in [-0.15, -0.1) is 0 Å². The maximum atomic E-state index is 13.9. The molecule has 1 N–H and O–H groups in total. The number of Topliss-reactive ketones (excluding diaryl/α,β-unsaturated/α-hetero) is 1. The van der Waals surface area contributed by atoms with E-state index in [1.807, 2.05) is 78.9 Å². The van der Waals surface area contributed by atoms with Crippen molar-refractivity contribution in [1.29, 1.82) is 0 Å². The second-order valence-corrected chi connectivity index (χ2v) is 8.93. The lowest BCUT2D eigenvalue weighted by Crippen LogP contribution is -2.49. The number of aryl methyl sites for hydroxylation is 1. The lowest BCUT2D eigenvalue weighted by molar-refractivity contribution is -0.140. The van der Waals surface area contributed by atoms with Crippen LogP contribution >= 0.6 is 0 Å². The first kappa shape index (κ1) is 19.9. The minimum atomic E-state index is -1.87. The number of anilines is 1. The molecule has 0 saturated heterocycles. The van der Waals surface area contributed by atoms with Crippen LogP contribution in [0.25, 0.3) is 10.8 Å². The fourth-order valence-corrected chi connectivity index (χ4v) is 5.55. The van der Waals surface area contributed by atoms with E-state index in [-0.39, 0.29) is 5.78 Å². The van der Waals surface area contributed by atoms with E-state index in [4.69, 9.17) is 0 Å². The van der Waals surface area contributed by atoms with E-state index in [0.29, 0.717) is 36.2 Å². The number of benzene rings is 4. The normalized spacial score (nSPS) is 21.8. The molecule has 162 valence electrons. The average molecular weight is 434 g/mol. The molecular formula is C29H23NO3. The second kappa shape index (κ2) is 7.39. The van der Waals surface area contributed by atoms with Gasteiger partial charge in [0.15, 0.2) is 11.4 Å². The molecule has 4 aromatic carbocycles. The molecule has 0 saturated carbocycles. The van der Waals surface area contributed by atoms with Gasteiger partial charge in [-0.2, -0.15) is 0 Å². The highest BCUT2D eigenvalue weighted by Gasteiger charge is 2.57. The molecule has 2 atom stereocenters. The van der Waals surface area contributed by atoms with Gasteiger partial charge in [0.25, 0.3) is 5.91 Å². The van der Waals surface area contributed by atoms with E-state index in [1.165, 1.54) is 0 Å². The first-order valence-electron chi connectivity index (χ1n) is 11.3. The highest BCUT2D eigenvalue weighted by Crippen LogP contribution is 2.48. The highest BCUT2D eigenvalue weighted by molar-refractivity contribution is 6.12. The van der Waals surface area contributed by atoms with E-state index in [9.17, 15) is 14.7 Å². The summed E-state index contributed by atoms with van der Waals surface area (Å²) in [5.41, 5.74) is 1.92. The van der Waals surface area contributed by atoms with Gasteiger partial charge in [-0.05, 0) is 40.8 Å². The zero-order chi connectivity index (χ0) is 22.6. The molecule has 1 heterocycles. The standard InChI is InChI=1S/C29H23NO3/c31-27-23-13-4-2-9-20(23)16-17-25(27)29(33)24-14-5-6-15-26(24)30(28(29)32)18-21-11-7-10-19-8-1-3-12-22(19)21/h1-15,25,33H,16-18H2/t25-,29+/m0/s1. The van der Waals surface area contributed by atoms with Crippen molar-refractivity contribution in [2.24, 2.45) is 5.92 Å². The number of aliphatic hydroxyl groups is 1. The monoisotopic (exact) mass is 433 g/mol. The van der Waals surface area contributed by atoms with Gasteiger partial charge < -0.3 is 10.0 Å². The average Bonchev–Trinajstić information content (AvgIpc) is 3.07. The minimum Gasteiger partial charge on any atom is -0.375 e. The van der Waals surface area contributed by atoms with Gasteiger partial charge in [-0.3, -0.25) is 9.59 Å². The molecule has 2 aliphatic rings. The molecule has 1 aliphatic carbocycles. The van der Waals surface area contributed by atoms with Gasteiger partial charge in [-0.1, -0.05) is 84.9 Å². The molecule has 0 aromatic heterocycles. The second-order valence-electron chi connectivity index (χ2n) is 8.93. The summed E-state index contributed by atoms with van der Waals surface area (Å²) in [7, 11) is 0. The highest BCUT2D eigenvalue weighted by atomic mass is 16.3. The van der Waals surface area contributed by atoms with Crippen LogP contribution in [0.15, 0.2) is 91.0 Å². The summed E-state index contributed by atoms with van der Waals surface area (Å²) < 4.78 is 0. The Morgan fingerprint density at radius 3 is 2.48 bits per heavy atom. The summed E-state index contributed by atoms with van der Waals surface area (Å²) >= 11 is 0. The Kier molecular flexibility index (Phi) is 4.46. The predicted molar refractivity (Wildman–Crippen MR) is 128 cm³/mol. The Morgan fingerprint density at radius 1 is 0.848 bits per heavy atom. The van der Waals surface area contributed by atoms with Crippen molar-refractivity contribution in [2.75, 3.05) is 4.90 Å². The van der Waals surface area contributed by atoms with Crippen LogP contribution in [-0.4, -0.2) is 16.8 Å². The summed E-state index contributed by atoms with van der Waals surface area (Å²) in [4.78, 5) is 29.0. The number of hydrogen-bond donors (Lipinski definition) is 1. The maximum Gasteiger partial charge on any atom is 0.264 e. The van der Waals surface area contributed by atoms with Crippen molar-refractivity contribution in [2.45, 2.75) is 25.0 Å². The van der Waals surface area contributed by atoms with Crippen LogP contribution in [0.1, 0.15) is 33.5 Å². The van der Waals surface area contributed by atoms with Crippen LogP contribution in [-0.2, 0) is 23.4 Å². The summed E-state index contributed by atoms with van der Waals surface area (Å²) in [5, 5.41) is 14.2. The van der Waals surface area contributed by atoms with Crippen LogP contribution in [0.3, 0.4) is 0 Å². The molecule has 4 aromatic rings. The van der Waals surface area contributed by atoms with Gasteiger partial charge in [0, 0.05) is 11.1 Å². The van der Waals surface area contributed by atoms with Crippen molar-refractivity contribution < 1.29 is 14.7 Å². The molecule has 0 unspecified atom stereocenters. The molecule has 0 radical (unpaired) electrons. The van der Waals surface area contributed by atoms with Crippen molar-refractivity contribution >= 4 is 28.2 Å². The van der Waals surface area contributed by atoms with Gasteiger partial charge in [0.2, 0.25) is 0 Å². The molecule has 4 nitrogen and oxygen atoms in total. The quantitative estimate of drug-likeness (QED) is 0.494. The molecular weight excluding hydrogens is 410 g/mol. The van der Waals surface area contributed by atoms with E-state index >= 15 is 0 Å². The molecule has 1 aliphatic heterocycles. The fourth-order valence-electron chi connectivity index (χ4n) is 5.55. The number of para-hydroxylation sites is 1. The Labute approximate surface area is 192 Å². The smallest absolute Gasteiger partial charge is 0.264 e. The van der Waals surface area contributed by atoms with E-state index in [2.05, 4.69) is 0 Å². The Balaban J connectivity index is 1.44. The molecule has 33 heavy (non-hydrogen) atoms. The maximum absolute atomic E-state index is 13.9. The third-order valence-electron chi connectivity index (χ3n) is 7.19. The lowest BCUT2D eigenvalue weighted by atomic mass is 9.71. The predicted octanol–water partition coefficient (Wildman–Crippen LogP) is 5.02. The van der Waals surface area contributed by atoms with Crippen LogP contribution in [0, 0.1) is 5.92 Å². The number of rotatable bonds is 3. The number of carbonyl (C=O) groups is 2. The van der Waals surface area contributed by atoms with Gasteiger partial charge in [0.1, 0.15) is 0 Å². The van der Waals surface area contributed by atoms with Gasteiger partial charge in [0.05, 0.1) is 18.2 Å². The number of nitrogens with zero attached hydrogens (tertiary/aromatic N) is 1. The Hall–Kier alpha value is -3.76. The first-order chi connectivity index (χ1) is 16.1. The van der Waals surface area contributed by atoms with Crippen molar-refractivity contribution in [3.05, 3.63) is 113 Å². The Morgan fingerprint density at radius 2 is 1.58 bits per heavy atom. The fraction of sp³-hybridized carbons (Fsp3) is 0.172. The molecule has 0 fully saturated rings. The van der Waals surface area contributed by atoms with Crippen LogP contribution in [0.5, 0.6) is 0 Å². The minimum absolute atomic E-state index is 0.158. The van der Waals surface area contributed by atoms with Crippen molar-refractivity contribution in [3.63, 3.8) is 0 Å². The third-order valence-corrected chi connectivity index (χ3v) is 7.19. The van der Waals surface area contributed by atoms with Gasteiger partial charge in [-0.25, -0.2) is 0 Å². The third kappa shape index (κ3) is 2.87. The number of amides is 1. The molecule has 0 spiro atoms. The molecule has 0 bridgehead atoms. The molecule has 1 amide bonds. The lowest BCUT2D eigenvalue weighted by Gasteiger charge is -2.34. The molecule has 6 rings (SSSR count). The van der Waals surface area contributed by atoms with Crippen LogP contribution in [0.2, 0.25) is 0 Å². The zero-order valence-corrected chi connectivity index (χ0v) is 18.1. The largest absolute Gasteiger partial charge is 0.375 e. The summed E-state index contributed by atoms with van der Waals surface area (Å²) in [5.74, 6) is -1.39. The number of carbonyl (C=O) groups excluding carboxylic acids is 2. The van der Waals surface area contributed by atoms with E-state index in [1.54, 1.807) is 17.0 Å². The summed E-state index contributed by atoms with van der Waals surface area (Å²) in [6.45, 7) is 0.330. The number of fused-ring (bicyclic) bond motifs is 3. The van der Waals surface area contributed by atoms with E-state index < -0.39 is 17.4 Å².